The van der Waals surface area contributed by atoms with Crippen molar-refractivity contribution in [2.24, 2.45) is 0 Å². The van der Waals surface area contributed by atoms with E-state index in [0.717, 1.165) is 0 Å². The van der Waals surface area contributed by atoms with Crippen LogP contribution in [0.15, 0.2) is 0 Å². The summed E-state index contributed by atoms with van der Waals surface area (Å²) in [7, 11) is 1.53. The lowest BCUT2D eigenvalue weighted by Gasteiger charge is -2.06. The topological polar surface area (TPSA) is 40.5 Å². The van der Waals surface area contributed by atoms with E-state index in [2.05, 4.69) is 0 Å². The predicted molar refractivity (Wildman–Crippen MR) is 58.6 cm³/mol. The van der Waals surface area contributed by atoms with Gasteiger partial charge in [0.25, 0.3) is 0 Å². The van der Waals surface area contributed by atoms with Gasteiger partial charge in [-0.2, -0.15) is 0 Å². The van der Waals surface area contributed by atoms with Gasteiger partial charge < -0.3 is 10.0 Å². The molecular weight excluding hydrogens is 178 g/mol. The van der Waals surface area contributed by atoms with Crippen molar-refractivity contribution >= 4 is 6.09 Å². The smallest absolute Gasteiger partial charge is 0.407 e. The maximum Gasteiger partial charge on any atom is 0.407 e. The number of nitrogens with zero attached hydrogens (tertiary/aromatic N) is 1. The maximum atomic E-state index is 9.86. The Balaban J connectivity index is 0.000000241. The van der Waals surface area contributed by atoms with Crippen LogP contribution in [0, 0.1) is 0 Å². The van der Waals surface area contributed by atoms with Gasteiger partial charge in [0.05, 0.1) is 0 Å². The fourth-order valence-electron chi connectivity index (χ4n) is 1.37. The van der Waals surface area contributed by atoms with Gasteiger partial charge in [-0.25, -0.2) is 4.79 Å². The molecule has 0 saturated heterocycles. The minimum absolute atomic E-state index is 0.551. The first kappa shape index (κ1) is 13.3. The van der Waals surface area contributed by atoms with Crippen molar-refractivity contribution in [3.05, 3.63) is 0 Å². The zero-order valence-electron chi connectivity index (χ0n) is 9.46. The molecule has 0 aromatic carbocycles. The summed E-state index contributed by atoms with van der Waals surface area (Å²) in [6.07, 6.45) is 9.63. The first-order chi connectivity index (χ1) is 6.68. The zero-order valence-corrected chi connectivity index (χ0v) is 9.46. The van der Waals surface area contributed by atoms with Crippen molar-refractivity contribution in [2.75, 3.05) is 13.6 Å². The second kappa shape index (κ2) is 8.85. The maximum absolute atomic E-state index is 9.86. The van der Waals surface area contributed by atoms with Crippen LogP contribution in [0.25, 0.3) is 0 Å². The van der Waals surface area contributed by atoms with Crippen molar-refractivity contribution in [1.29, 1.82) is 0 Å². The van der Waals surface area contributed by atoms with Crippen LogP contribution >= 0.6 is 0 Å². The molecule has 1 aliphatic carbocycles. The number of carboxylic acid groups (broad SMARTS) is 1. The Morgan fingerprint density at radius 1 is 1.07 bits per heavy atom. The molecule has 1 N–H and O–H groups in total. The first-order valence-corrected chi connectivity index (χ1v) is 5.62. The highest BCUT2D eigenvalue weighted by Crippen LogP contribution is 2.15. The molecule has 3 heteroatoms. The number of rotatable bonds is 1. The van der Waals surface area contributed by atoms with Gasteiger partial charge in [0.15, 0.2) is 0 Å². The lowest BCUT2D eigenvalue weighted by Crippen LogP contribution is -2.23. The van der Waals surface area contributed by atoms with Gasteiger partial charge in [0.1, 0.15) is 0 Å². The lowest BCUT2D eigenvalue weighted by molar-refractivity contribution is 0.158. The average molecular weight is 201 g/mol. The number of carbonyl (C=O) groups is 1. The summed E-state index contributed by atoms with van der Waals surface area (Å²) < 4.78 is 0. The molecule has 0 bridgehead atoms. The summed E-state index contributed by atoms with van der Waals surface area (Å²) in [6, 6.07) is 0. The van der Waals surface area contributed by atoms with E-state index >= 15 is 0 Å². The van der Waals surface area contributed by atoms with Crippen LogP contribution in [-0.4, -0.2) is 29.7 Å². The van der Waals surface area contributed by atoms with Crippen molar-refractivity contribution in [2.45, 2.75) is 51.9 Å². The third kappa shape index (κ3) is 7.90. The molecule has 1 saturated carbocycles. The normalized spacial score (nSPS) is 16.1. The fourth-order valence-corrected chi connectivity index (χ4v) is 1.37. The molecule has 0 aromatic heterocycles. The van der Waals surface area contributed by atoms with Crippen LogP contribution < -0.4 is 0 Å². The van der Waals surface area contributed by atoms with E-state index in [9.17, 15) is 4.79 Å². The summed E-state index contributed by atoms with van der Waals surface area (Å²) in [6.45, 7) is 2.34. The SMILES string of the molecule is C1CCCCCC1.CCN(C)C(=O)O. The van der Waals surface area contributed by atoms with E-state index in [1.54, 1.807) is 6.92 Å². The van der Waals surface area contributed by atoms with Crippen LogP contribution in [0.3, 0.4) is 0 Å². The Morgan fingerprint density at radius 3 is 1.43 bits per heavy atom. The van der Waals surface area contributed by atoms with E-state index in [4.69, 9.17) is 5.11 Å². The molecule has 0 aromatic rings. The molecule has 84 valence electrons. The van der Waals surface area contributed by atoms with Crippen LogP contribution in [0.4, 0.5) is 4.79 Å². The number of hydrogen-bond donors (Lipinski definition) is 1. The molecule has 1 amide bonds. The summed E-state index contributed by atoms with van der Waals surface area (Å²) in [5, 5.41) is 8.11. The molecule has 0 radical (unpaired) electrons. The van der Waals surface area contributed by atoms with Crippen molar-refractivity contribution in [3.63, 3.8) is 0 Å². The van der Waals surface area contributed by atoms with Crippen LogP contribution in [-0.2, 0) is 0 Å². The summed E-state index contributed by atoms with van der Waals surface area (Å²) in [5.41, 5.74) is 0. The Labute approximate surface area is 87.1 Å². The van der Waals surface area contributed by atoms with E-state index in [1.165, 1.54) is 56.9 Å². The monoisotopic (exact) mass is 201 g/mol. The molecule has 0 unspecified atom stereocenters. The molecule has 1 fully saturated rings. The third-order valence-corrected chi connectivity index (χ3v) is 2.55. The Bertz CT molecular complexity index is 129. The Morgan fingerprint density at radius 2 is 1.36 bits per heavy atom. The van der Waals surface area contributed by atoms with Crippen LogP contribution in [0.5, 0.6) is 0 Å². The highest BCUT2D eigenvalue weighted by molar-refractivity contribution is 5.64. The van der Waals surface area contributed by atoms with Gasteiger partial charge in [0.2, 0.25) is 0 Å². The Kier molecular flexibility index (Phi) is 8.39. The lowest BCUT2D eigenvalue weighted by atomic mass is 10.2. The predicted octanol–water partition coefficient (Wildman–Crippen LogP) is 3.35. The molecule has 1 rings (SSSR count). The summed E-state index contributed by atoms with van der Waals surface area (Å²) >= 11 is 0. The molecule has 1 aliphatic rings. The number of amides is 1. The van der Waals surface area contributed by atoms with Gasteiger partial charge in [0, 0.05) is 13.6 Å². The Hall–Kier alpha value is -0.730. The van der Waals surface area contributed by atoms with Gasteiger partial charge in [-0.1, -0.05) is 44.9 Å². The van der Waals surface area contributed by atoms with E-state index in [-0.39, 0.29) is 0 Å². The molecule has 0 spiro atoms. The summed E-state index contributed by atoms with van der Waals surface area (Å²) in [5.74, 6) is 0. The molecule has 0 heterocycles. The van der Waals surface area contributed by atoms with E-state index in [0.29, 0.717) is 6.54 Å². The highest BCUT2D eigenvalue weighted by atomic mass is 16.4. The van der Waals surface area contributed by atoms with Crippen LogP contribution in [0.2, 0.25) is 0 Å². The van der Waals surface area contributed by atoms with E-state index < -0.39 is 6.09 Å². The van der Waals surface area contributed by atoms with Crippen molar-refractivity contribution in [3.8, 4) is 0 Å². The van der Waals surface area contributed by atoms with Gasteiger partial charge in [-0.05, 0) is 6.92 Å². The van der Waals surface area contributed by atoms with E-state index in [1.807, 2.05) is 0 Å². The van der Waals surface area contributed by atoms with Crippen molar-refractivity contribution in [1.82, 2.24) is 4.90 Å². The minimum Gasteiger partial charge on any atom is -0.465 e. The largest absolute Gasteiger partial charge is 0.465 e. The third-order valence-electron chi connectivity index (χ3n) is 2.55. The molecule has 14 heavy (non-hydrogen) atoms. The first-order valence-electron chi connectivity index (χ1n) is 5.62. The minimum atomic E-state index is -0.873. The fraction of sp³-hybridized carbons (Fsp3) is 0.909. The highest BCUT2D eigenvalue weighted by Gasteiger charge is 1.97. The van der Waals surface area contributed by atoms with Gasteiger partial charge in [-0.15, -0.1) is 0 Å². The standard InChI is InChI=1S/C7H14.C4H9NO2/c1-2-4-6-7-5-3-1;1-3-5(2)4(6)7/h1-7H2;3H2,1-2H3,(H,6,7). The second-order valence-corrected chi connectivity index (χ2v) is 3.77. The second-order valence-electron chi connectivity index (χ2n) is 3.77. The number of hydrogen-bond acceptors (Lipinski definition) is 1. The van der Waals surface area contributed by atoms with Gasteiger partial charge in [-0.3, -0.25) is 0 Å². The quantitative estimate of drug-likeness (QED) is 0.661. The summed E-state index contributed by atoms with van der Waals surface area (Å²) in [4.78, 5) is 11.1. The zero-order chi connectivity index (χ0) is 10.8. The molecule has 3 nitrogen and oxygen atoms in total. The molecule has 0 aliphatic heterocycles. The molecular formula is C11H23NO2. The van der Waals surface area contributed by atoms with Crippen LogP contribution in [0.1, 0.15) is 51.9 Å². The van der Waals surface area contributed by atoms with Gasteiger partial charge >= 0.3 is 6.09 Å². The van der Waals surface area contributed by atoms with Crippen molar-refractivity contribution < 1.29 is 9.90 Å². The average Bonchev–Trinajstić information content (AvgIpc) is 2.48. The molecule has 0 atom stereocenters.